The van der Waals surface area contributed by atoms with E-state index in [2.05, 4.69) is 0 Å². The molecule has 0 bridgehead atoms. The number of benzene rings is 1. The van der Waals surface area contributed by atoms with Gasteiger partial charge in [-0.1, -0.05) is 0 Å². The van der Waals surface area contributed by atoms with Gasteiger partial charge in [0.2, 0.25) is 0 Å². The van der Waals surface area contributed by atoms with Crippen molar-refractivity contribution in [2.24, 2.45) is 5.92 Å². The molecule has 0 saturated carbocycles. The van der Waals surface area contributed by atoms with Crippen LogP contribution in [0, 0.1) is 17.2 Å². The van der Waals surface area contributed by atoms with Crippen molar-refractivity contribution >= 4 is 19.7 Å². The van der Waals surface area contributed by atoms with Crippen LogP contribution in [-0.2, 0) is 19.7 Å². The quantitative estimate of drug-likeness (QED) is 0.824. The highest BCUT2D eigenvalue weighted by Crippen LogP contribution is 2.17. The third-order valence-corrected chi connectivity index (χ3v) is 5.36. The monoisotopic (exact) mass is 287 g/mol. The average Bonchev–Trinajstić information content (AvgIpc) is 2.27. The van der Waals surface area contributed by atoms with Crippen molar-refractivity contribution in [2.75, 3.05) is 12.0 Å². The Morgan fingerprint density at radius 1 is 1.11 bits per heavy atom. The van der Waals surface area contributed by atoms with E-state index in [1.54, 1.807) is 0 Å². The molecule has 1 aromatic rings. The van der Waals surface area contributed by atoms with Crippen LogP contribution in [-0.4, -0.2) is 28.8 Å². The van der Waals surface area contributed by atoms with Gasteiger partial charge in [0.25, 0.3) is 0 Å². The van der Waals surface area contributed by atoms with Crippen LogP contribution in [0.25, 0.3) is 0 Å². The third kappa shape index (κ3) is 3.55. The zero-order valence-electron chi connectivity index (χ0n) is 9.99. The fourth-order valence-electron chi connectivity index (χ4n) is 1.36. The Bertz CT molecular complexity index is 667. The molecule has 0 amide bonds. The molecule has 0 N–H and O–H groups in total. The molecule has 98 valence electrons. The molecule has 0 aliphatic carbocycles. The van der Waals surface area contributed by atoms with E-state index >= 15 is 0 Å². The molecular weight excluding hydrogens is 274 g/mol. The SMILES string of the molecule is CC(C#N)CS(=O)(=O)c1ccc(S(C)(=O)=O)cc1. The lowest BCUT2D eigenvalue weighted by Crippen LogP contribution is -2.13. The van der Waals surface area contributed by atoms with E-state index in [1.807, 2.05) is 6.07 Å². The minimum Gasteiger partial charge on any atom is -0.224 e. The molecule has 0 saturated heterocycles. The highest BCUT2D eigenvalue weighted by Gasteiger charge is 2.19. The molecule has 0 fully saturated rings. The second kappa shape index (κ2) is 5.08. The Balaban J connectivity index is 3.10. The lowest BCUT2D eigenvalue weighted by molar-refractivity contribution is 0.588. The van der Waals surface area contributed by atoms with E-state index < -0.39 is 25.6 Å². The molecule has 0 spiro atoms. The van der Waals surface area contributed by atoms with E-state index in [-0.39, 0.29) is 15.5 Å². The molecule has 0 aliphatic rings. The molecule has 0 heterocycles. The van der Waals surface area contributed by atoms with Crippen LogP contribution in [0.1, 0.15) is 6.92 Å². The van der Waals surface area contributed by atoms with Crippen molar-refractivity contribution in [2.45, 2.75) is 16.7 Å². The van der Waals surface area contributed by atoms with Gasteiger partial charge in [-0.3, -0.25) is 0 Å². The Labute approximate surface area is 107 Å². The summed E-state index contributed by atoms with van der Waals surface area (Å²) >= 11 is 0. The molecule has 0 aromatic heterocycles. The summed E-state index contributed by atoms with van der Waals surface area (Å²) in [6.45, 7) is 1.52. The number of sulfone groups is 2. The van der Waals surface area contributed by atoms with Gasteiger partial charge in [-0.05, 0) is 31.2 Å². The number of hydrogen-bond acceptors (Lipinski definition) is 5. The van der Waals surface area contributed by atoms with Gasteiger partial charge in [-0.25, -0.2) is 16.8 Å². The predicted octanol–water partition coefficient (Wildman–Crippen LogP) is 1.02. The summed E-state index contributed by atoms with van der Waals surface area (Å²) < 4.78 is 46.2. The Morgan fingerprint density at radius 2 is 1.56 bits per heavy atom. The molecule has 7 heteroatoms. The smallest absolute Gasteiger partial charge is 0.179 e. The molecule has 1 unspecified atom stereocenters. The Hall–Kier alpha value is -1.39. The summed E-state index contributed by atoms with van der Waals surface area (Å²) in [6.07, 6.45) is 1.05. The first kappa shape index (κ1) is 14.7. The Kier molecular flexibility index (Phi) is 4.14. The summed E-state index contributed by atoms with van der Waals surface area (Å²) in [5.74, 6) is -0.883. The van der Waals surface area contributed by atoms with Crippen LogP contribution < -0.4 is 0 Å². The minimum atomic E-state index is -3.55. The van der Waals surface area contributed by atoms with Gasteiger partial charge < -0.3 is 0 Å². The first-order chi connectivity index (χ1) is 8.16. The molecule has 1 aromatic carbocycles. The van der Waals surface area contributed by atoms with Crippen LogP contribution in [0.15, 0.2) is 34.1 Å². The zero-order valence-corrected chi connectivity index (χ0v) is 11.6. The van der Waals surface area contributed by atoms with Gasteiger partial charge in [0, 0.05) is 6.26 Å². The van der Waals surface area contributed by atoms with Crippen molar-refractivity contribution in [3.8, 4) is 6.07 Å². The van der Waals surface area contributed by atoms with Gasteiger partial charge in [-0.15, -0.1) is 0 Å². The van der Waals surface area contributed by atoms with Crippen molar-refractivity contribution in [3.05, 3.63) is 24.3 Å². The largest absolute Gasteiger partial charge is 0.224 e. The summed E-state index contributed by atoms with van der Waals surface area (Å²) in [4.78, 5) is 0.0896. The molecule has 1 atom stereocenters. The average molecular weight is 287 g/mol. The maximum atomic E-state index is 11.9. The van der Waals surface area contributed by atoms with Gasteiger partial charge in [0.05, 0.1) is 27.5 Å². The highest BCUT2D eigenvalue weighted by atomic mass is 32.2. The maximum absolute atomic E-state index is 11.9. The fourth-order valence-corrected chi connectivity index (χ4v) is 3.46. The summed E-state index contributed by atoms with van der Waals surface area (Å²) in [5.41, 5.74) is 0. The van der Waals surface area contributed by atoms with Crippen molar-refractivity contribution in [3.63, 3.8) is 0 Å². The lowest BCUT2D eigenvalue weighted by Gasteiger charge is -2.06. The molecule has 5 nitrogen and oxygen atoms in total. The van der Waals surface area contributed by atoms with Crippen LogP contribution >= 0.6 is 0 Å². The van der Waals surface area contributed by atoms with Crippen molar-refractivity contribution in [1.82, 2.24) is 0 Å². The normalized spacial score (nSPS) is 13.8. The first-order valence-electron chi connectivity index (χ1n) is 5.09. The number of rotatable bonds is 4. The topological polar surface area (TPSA) is 92.1 Å². The van der Waals surface area contributed by atoms with Crippen LogP contribution in [0.3, 0.4) is 0 Å². The molecule has 0 aliphatic heterocycles. The zero-order chi connectivity index (χ0) is 14.0. The van der Waals surface area contributed by atoms with Crippen molar-refractivity contribution in [1.29, 1.82) is 5.26 Å². The van der Waals surface area contributed by atoms with Crippen LogP contribution in [0.2, 0.25) is 0 Å². The van der Waals surface area contributed by atoms with Gasteiger partial charge >= 0.3 is 0 Å². The summed E-state index contributed by atoms with van der Waals surface area (Å²) in [5, 5.41) is 8.60. The lowest BCUT2D eigenvalue weighted by atomic mass is 10.3. The Morgan fingerprint density at radius 3 is 1.94 bits per heavy atom. The van der Waals surface area contributed by atoms with Crippen LogP contribution in [0.5, 0.6) is 0 Å². The minimum absolute atomic E-state index is 0.0250. The van der Waals surface area contributed by atoms with E-state index in [9.17, 15) is 16.8 Å². The van der Waals surface area contributed by atoms with E-state index in [0.29, 0.717) is 0 Å². The molecule has 1 rings (SSSR count). The maximum Gasteiger partial charge on any atom is 0.179 e. The molecule has 0 radical (unpaired) electrons. The molecule has 18 heavy (non-hydrogen) atoms. The number of nitrogens with zero attached hydrogens (tertiary/aromatic N) is 1. The van der Waals surface area contributed by atoms with Crippen LogP contribution in [0.4, 0.5) is 0 Å². The molecular formula is C11H13NO4S2. The van der Waals surface area contributed by atoms with E-state index in [4.69, 9.17) is 5.26 Å². The van der Waals surface area contributed by atoms with E-state index in [0.717, 1.165) is 6.26 Å². The second-order valence-corrected chi connectivity index (χ2v) is 8.11. The predicted molar refractivity (Wildman–Crippen MR) is 66.4 cm³/mol. The second-order valence-electron chi connectivity index (χ2n) is 4.06. The van der Waals surface area contributed by atoms with Crippen molar-refractivity contribution < 1.29 is 16.8 Å². The standard InChI is InChI=1S/C11H13NO4S2/c1-9(7-12)8-18(15,16)11-5-3-10(4-6-11)17(2,13)14/h3-6,9H,8H2,1-2H3. The van der Waals surface area contributed by atoms with Gasteiger partial charge in [0.15, 0.2) is 19.7 Å². The van der Waals surface area contributed by atoms with E-state index in [1.165, 1.54) is 31.2 Å². The summed E-state index contributed by atoms with van der Waals surface area (Å²) in [6, 6.07) is 6.84. The first-order valence-corrected chi connectivity index (χ1v) is 8.63. The van der Waals surface area contributed by atoms with Gasteiger partial charge in [0.1, 0.15) is 0 Å². The summed E-state index contributed by atoms with van der Waals surface area (Å²) in [7, 11) is -6.89. The number of hydrogen-bond donors (Lipinski definition) is 0. The fraction of sp³-hybridized carbons (Fsp3) is 0.364. The third-order valence-electron chi connectivity index (χ3n) is 2.30. The highest BCUT2D eigenvalue weighted by molar-refractivity contribution is 7.91. The number of nitriles is 1. The van der Waals surface area contributed by atoms with Gasteiger partial charge in [-0.2, -0.15) is 5.26 Å².